The molecule has 1 aliphatic carbocycles. The summed E-state index contributed by atoms with van der Waals surface area (Å²) in [6.45, 7) is 17.8. The molecule has 4 nitrogen and oxygen atoms in total. The van der Waals surface area contributed by atoms with Crippen LogP contribution in [0.5, 0.6) is 0 Å². The van der Waals surface area contributed by atoms with Gasteiger partial charge in [0.15, 0.2) is 0 Å². The fourth-order valence-corrected chi connectivity index (χ4v) is 5.35. The molecule has 4 heteroatoms. The summed E-state index contributed by atoms with van der Waals surface area (Å²) in [6, 6.07) is 5.40. The Hall–Kier alpha value is -2.49. The monoisotopic (exact) mass is 462 g/mol. The number of likely N-dealkylation sites (N-methyl/N-ethyl adjacent to an activating group) is 1. The van der Waals surface area contributed by atoms with Gasteiger partial charge < -0.3 is 15.1 Å². The molecular weight excluding hydrogens is 416 g/mol. The number of piperidine rings is 1. The maximum Gasteiger partial charge on any atom is 0.118 e. The van der Waals surface area contributed by atoms with Crippen molar-refractivity contribution in [2.75, 3.05) is 36.5 Å². The lowest BCUT2D eigenvalue weighted by molar-refractivity contribution is 0.301. The molecule has 0 bridgehead atoms. The molecule has 1 saturated heterocycles. The average molecular weight is 463 g/mol. The lowest BCUT2D eigenvalue weighted by atomic mass is 9.81. The molecule has 1 aliphatic heterocycles. The third-order valence-electron chi connectivity index (χ3n) is 7.37. The van der Waals surface area contributed by atoms with Crippen molar-refractivity contribution < 1.29 is 0 Å². The van der Waals surface area contributed by atoms with Crippen molar-refractivity contribution >= 4 is 17.6 Å². The summed E-state index contributed by atoms with van der Waals surface area (Å²) in [5.74, 6) is 1.52. The van der Waals surface area contributed by atoms with E-state index in [1.807, 2.05) is 18.4 Å². The summed E-state index contributed by atoms with van der Waals surface area (Å²) in [4.78, 5) is 9.37. The van der Waals surface area contributed by atoms with Crippen LogP contribution in [-0.2, 0) is 6.42 Å². The van der Waals surface area contributed by atoms with E-state index in [4.69, 9.17) is 0 Å². The second kappa shape index (κ2) is 12.8. The van der Waals surface area contributed by atoms with Gasteiger partial charge in [-0.2, -0.15) is 0 Å². The summed E-state index contributed by atoms with van der Waals surface area (Å²) in [7, 11) is 2.19. The zero-order valence-electron chi connectivity index (χ0n) is 22.1. The van der Waals surface area contributed by atoms with Crippen molar-refractivity contribution in [1.82, 2.24) is 5.32 Å². The molecule has 186 valence electrons. The van der Waals surface area contributed by atoms with E-state index in [2.05, 4.69) is 73.2 Å². The highest BCUT2D eigenvalue weighted by atomic mass is 15.1. The summed E-state index contributed by atoms with van der Waals surface area (Å²) >= 11 is 0. The van der Waals surface area contributed by atoms with Crippen LogP contribution in [0, 0.1) is 12.8 Å². The van der Waals surface area contributed by atoms with Crippen LogP contribution in [0.2, 0.25) is 0 Å². The Morgan fingerprint density at radius 2 is 1.85 bits per heavy atom. The maximum atomic E-state index is 4.43. The predicted molar refractivity (Wildman–Crippen MR) is 150 cm³/mol. The molecule has 1 aromatic rings. The van der Waals surface area contributed by atoms with Gasteiger partial charge in [0.2, 0.25) is 0 Å². The lowest BCUT2D eigenvalue weighted by Gasteiger charge is -2.33. The molecule has 3 rings (SSSR count). The van der Waals surface area contributed by atoms with E-state index in [1.165, 1.54) is 92.5 Å². The first kappa shape index (κ1) is 26.1. The van der Waals surface area contributed by atoms with Crippen molar-refractivity contribution in [3.05, 3.63) is 60.0 Å². The van der Waals surface area contributed by atoms with Gasteiger partial charge in [0.1, 0.15) is 5.82 Å². The third kappa shape index (κ3) is 7.51. The molecule has 0 spiro atoms. The van der Waals surface area contributed by atoms with Crippen LogP contribution in [-0.4, -0.2) is 38.9 Å². The molecule has 1 heterocycles. The fraction of sp³-hybridized carbons (Fsp3) is 0.567. The quantitative estimate of drug-likeness (QED) is 0.306. The normalized spacial score (nSPS) is 20.8. The van der Waals surface area contributed by atoms with Crippen molar-refractivity contribution in [3.63, 3.8) is 0 Å². The summed E-state index contributed by atoms with van der Waals surface area (Å²) in [5.41, 5.74) is 6.98. The van der Waals surface area contributed by atoms with E-state index in [1.54, 1.807) is 0 Å². The van der Waals surface area contributed by atoms with Crippen LogP contribution in [0.4, 0.5) is 11.4 Å². The first-order valence-electron chi connectivity index (χ1n) is 13.2. The topological polar surface area (TPSA) is 30.9 Å². The molecule has 2 fully saturated rings. The molecule has 1 N–H and O–H groups in total. The van der Waals surface area contributed by atoms with E-state index >= 15 is 0 Å². The van der Waals surface area contributed by atoms with Gasteiger partial charge in [0.25, 0.3) is 0 Å². The molecule has 0 unspecified atom stereocenters. The minimum absolute atomic E-state index is 0.489. The second-order valence-corrected chi connectivity index (χ2v) is 10.5. The van der Waals surface area contributed by atoms with Crippen LogP contribution < -0.4 is 15.1 Å². The maximum absolute atomic E-state index is 4.43. The number of nitrogens with one attached hydrogen (secondary N) is 1. The molecule has 1 aromatic carbocycles. The van der Waals surface area contributed by atoms with Crippen LogP contribution in [0.25, 0.3) is 0 Å². The van der Waals surface area contributed by atoms with Gasteiger partial charge in [-0.25, -0.2) is 4.99 Å². The lowest BCUT2D eigenvalue weighted by Crippen LogP contribution is -2.32. The Bertz CT molecular complexity index is 879. The number of anilines is 2. The number of hydrogen-bond donors (Lipinski definition) is 1. The van der Waals surface area contributed by atoms with Crippen LogP contribution in [0.3, 0.4) is 0 Å². The van der Waals surface area contributed by atoms with Gasteiger partial charge in [-0.05, 0) is 107 Å². The summed E-state index contributed by atoms with van der Waals surface area (Å²) < 4.78 is 0. The number of benzene rings is 1. The number of aliphatic imine (C=N–C) groups is 1. The minimum Gasteiger partial charge on any atom is -0.371 e. The van der Waals surface area contributed by atoms with Gasteiger partial charge in [-0.1, -0.05) is 18.2 Å². The molecule has 1 saturated carbocycles. The van der Waals surface area contributed by atoms with Gasteiger partial charge in [-0.15, -0.1) is 6.58 Å². The fourth-order valence-electron chi connectivity index (χ4n) is 5.35. The Morgan fingerprint density at radius 1 is 1.15 bits per heavy atom. The molecule has 0 radical (unpaired) electrons. The summed E-state index contributed by atoms with van der Waals surface area (Å²) in [5, 5.41) is 3.53. The predicted octanol–water partition coefficient (Wildman–Crippen LogP) is 6.81. The van der Waals surface area contributed by atoms with Crippen LogP contribution in [0.15, 0.2) is 53.8 Å². The Morgan fingerprint density at radius 3 is 2.50 bits per heavy atom. The SMILES string of the molecule is C=CCN(C)c1cc(N2CCCCC2)cc(CC2CCC(NC(=C)/N=C\C=C(C)C)CC2)c1C. The third-order valence-corrected chi connectivity index (χ3v) is 7.37. The largest absolute Gasteiger partial charge is 0.371 e. The highest BCUT2D eigenvalue weighted by molar-refractivity contribution is 5.72. The number of hydrogen-bond acceptors (Lipinski definition) is 4. The minimum atomic E-state index is 0.489. The van der Waals surface area contributed by atoms with Crippen molar-refractivity contribution in [3.8, 4) is 0 Å². The van der Waals surface area contributed by atoms with Crippen LogP contribution >= 0.6 is 0 Å². The molecular formula is C30H46N4. The Kier molecular flexibility index (Phi) is 9.86. The van der Waals surface area contributed by atoms with E-state index in [-0.39, 0.29) is 0 Å². The first-order valence-corrected chi connectivity index (χ1v) is 13.2. The second-order valence-electron chi connectivity index (χ2n) is 10.5. The van der Waals surface area contributed by atoms with Gasteiger partial charge in [0, 0.05) is 50.3 Å². The van der Waals surface area contributed by atoms with Gasteiger partial charge in [-0.3, -0.25) is 0 Å². The van der Waals surface area contributed by atoms with Crippen molar-refractivity contribution in [1.29, 1.82) is 0 Å². The molecule has 0 amide bonds. The van der Waals surface area contributed by atoms with Crippen molar-refractivity contribution in [2.45, 2.75) is 78.2 Å². The van der Waals surface area contributed by atoms with E-state index in [9.17, 15) is 0 Å². The smallest absolute Gasteiger partial charge is 0.118 e. The zero-order valence-corrected chi connectivity index (χ0v) is 22.1. The van der Waals surface area contributed by atoms with E-state index < -0.39 is 0 Å². The first-order chi connectivity index (χ1) is 16.4. The number of rotatable bonds is 10. The highest BCUT2D eigenvalue weighted by Gasteiger charge is 2.24. The number of allylic oxidation sites excluding steroid dienone is 2. The summed E-state index contributed by atoms with van der Waals surface area (Å²) in [6.07, 6.45) is 15.9. The molecule has 0 atom stereocenters. The van der Waals surface area contributed by atoms with Gasteiger partial charge in [0.05, 0.1) is 0 Å². The standard InChI is InChI=1S/C30H46N4/c1-7-17-33(6)30-22-29(34-18-9-8-10-19-34)21-27(24(30)4)20-26-11-13-28(14-12-26)32-25(5)31-16-15-23(2)3/h7,15-16,21-22,26,28,32H,1,5,8-14,17-20H2,2-4,6H3/b31-16-. The average Bonchev–Trinajstić information content (AvgIpc) is 2.82. The Labute approximate surface area is 208 Å². The molecule has 2 aliphatic rings. The van der Waals surface area contributed by atoms with Crippen molar-refractivity contribution in [2.24, 2.45) is 10.9 Å². The highest BCUT2D eigenvalue weighted by Crippen LogP contribution is 2.35. The van der Waals surface area contributed by atoms with E-state index in [0.717, 1.165) is 18.3 Å². The zero-order chi connectivity index (χ0) is 24.5. The van der Waals surface area contributed by atoms with Gasteiger partial charge >= 0.3 is 0 Å². The molecule has 34 heavy (non-hydrogen) atoms. The number of nitrogens with zero attached hydrogens (tertiary/aromatic N) is 3. The molecule has 0 aromatic heterocycles. The van der Waals surface area contributed by atoms with E-state index in [0.29, 0.717) is 6.04 Å². The Balaban J connectivity index is 1.66. The van der Waals surface area contributed by atoms with Crippen LogP contribution in [0.1, 0.15) is 69.9 Å².